The third kappa shape index (κ3) is 4.07. The van der Waals surface area contributed by atoms with Gasteiger partial charge in [0, 0.05) is 26.2 Å². The molecular weight excluding hydrogens is 386 g/mol. The lowest BCUT2D eigenvalue weighted by Gasteiger charge is -2.33. The van der Waals surface area contributed by atoms with Crippen molar-refractivity contribution in [3.63, 3.8) is 0 Å². The van der Waals surface area contributed by atoms with Gasteiger partial charge in [0.05, 0.1) is 23.3 Å². The summed E-state index contributed by atoms with van der Waals surface area (Å²) in [5, 5.41) is 20.4. The van der Waals surface area contributed by atoms with Gasteiger partial charge in [-0.1, -0.05) is 18.2 Å². The van der Waals surface area contributed by atoms with Crippen molar-refractivity contribution >= 4 is 23.5 Å². The van der Waals surface area contributed by atoms with Gasteiger partial charge in [0.1, 0.15) is 5.82 Å². The molecule has 0 radical (unpaired) electrons. The molecule has 1 aliphatic heterocycles. The van der Waals surface area contributed by atoms with Crippen molar-refractivity contribution in [2.75, 3.05) is 36.4 Å². The summed E-state index contributed by atoms with van der Waals surface area (Å²) in [5.74, 6) is 0.378. The van der Waals surface area contributed by atoms with E-state index in [4.69, 9.17) is 5.11 Å². The van der Waals surface area contributed by atoms with Gasteiger partial charge in [-0.25, -0.2) is 9.78 Å². The smallest absolute Gasteiger partial charge is 0.407 e. The number of nitrogens with zero attached hydrogens (tertiary/aromatic N) is 6. The highest BCUT2D eigenvalue weighted by molar-refractivity contribution is 6.03. The zero-order chi connectivity index (χ0) is 21.1. The highest BCUT2D eigenvalue weighted by atomic mass is 16.4. The number of rotatable bonds is 4. The molecule has 0 spiro atoms. The zero-order valence-corrected chi connectivity index (χ0v) is 16.4. The van der Waals surface area contributed by atoms with Crippen LogP contribution in [-0.2, 0) is 0 Å². The molecule has 0 bridgehead atoms. The number of pyridine rings is 1. The van der Waals surface area contributed by atoms with Crippen molar-refractivity contribution in [1.29, 1.82) is 0 Å². The monoisotopic (exact) mass is 407 g/mol. The molecule has 1 saturated heterocycles. The molecule has 0 atom stereocenters. The van der Waals surface area contributed by atoms with Gasteiger partial charge in [-0.05, 0) is 31.2 Å². The zero-order valence-electron chi connectivity index (χ0n) is 16.4. The van der Waals surface area contributed by atoms with Crippen molar-refractivity contribution < 1.29 is 14.7 Å². The summed E-state index contributed by atoms with van der Waals surface area (Å²) >= 11 is 0. The third-order valence-electron chi connectivity index (χ3n) is 4.86. The van der Waals surface area contributed by atoms with Crippen LogP contribution in [0.2, 0.25) is 0 Å². The van der Waals surface area contributed by atoms with Crippen LogP contribution in [0.4, 0.5) is 16.3 Å². The molecule has 154 valence electrons. The van der Waals surface area contributed by atoms with Crippen LogP contribution in [0, 0.1) is 6.92 Å². The van der Waals surface area contributed by atoms with Crippen molar-refractivity contribution in [2.45, 2.75) is 6.92 Å². The van der Waals surface area contributed by atoms with Crippen LogP contribution in [0.25, 0.3) is 5.69 Å². The SMILES string of the molecule is Cc1nn(-c2ccccc2)nc1C(=O)Nc1ccc(N2CCN(C(=O)O)CC2)nc1. The van der Waals surface area contributed by atoms with E-state index in [1.807, 2.05) is 35.2 Å². The first-order chi connectivity index (χ1) is 14.5. The highest BCUT2D eigenvalue weighted by Crippen LogP contribution is 2.17. The molecule has 1 fully saturated rings. The minimum absolute atomic E-state index is 0.243. The van der Waals surface area contributed by atoms with E-state index in [-0.39, 0.29) is 11.6 Å². The lowest BCUT2D eigenvalue weighted by Crippen LogP contribution is -2.48. The average Bonchev–Trinajstić information content (AvgIpc) is 3.17. The van der Waals surface area contributed by atoms with E-state index in [1.54, 1.807) is 25.3 Å². The number of para-hydroxylation sites is 1. The Morgan fingerprint density at radius 1 is 1.00 bits per heavy atom. The summed E-state index contributed by atoms with van der Waals surface area (Å²) in [7, 11) is 0. The molecule has 2 N–H and O–H groups in total. The first-order valence-electron chi connectivity index (χ1n) is 9.51. The fourth-order valence-electron chi connectivity index (χ4n) is 3.23. The number of piperazine rings is 1. The molecule has 1 aromatic carbocycles. The quantitative estimate of drug-likeness (QED) is 0.680. The standard InChI is InChI=1S/C20H21N7O3/c1-14-18(24-27(23-14)16-5-3-2-4-6-16)19(28)22-15-7-8-17(21-13-15)25-9-11-26(12-10-25)20(29)30/h2-8,13H,9-12H2,1H3,(H,22,28)(H,29,30). The van der Waals surface area contributed by atoms with Gasteiger partial charge in [0.25, 0.3) is 5.91 Å². The van der Waals surface area contributed by atoms with Crippen LogP contribution in [0.5, 0.6) is 0 Å². The van der Waals surface area contributed by atoms with Gasteiger partial charge in [-0.2, -0.15) is 9.90 Å². The molecule has 10 nitrogen and oxygen atoms in total. The van der Waals surface area contributed by atoms with Crippen LogP contribution >= 0.6 is 0 Å². The second-order valence-corrected chi connectivity index (χ2v) is 6.87. The average molecular weight is 407 g/mol. The normalized spacial score (nSPS) is 13.9. The fraction of sp³-hybridized carbons (Fsp3) is 0.250. The number of hydrogen-bond donors (Lipinski definition) is 2. The molecule has 0 saturated carbocycles. The first kappa shape index (κ1) is 19.4. The Bertz CT molecular complexity index is 1040. The molecular formula is C20H21N7O3. The number of carbonyl (C=O) groups excluding carboxylic acids is 1. The maximum Gasteiger partial charge on any atom is 0.407 e. The molecule has 0 unspecified atom stereocenters. The molecule has 4 rings (SSSR count). The van der Waals surface area contributed by atoms with E-state index < -0.39 is 6.09 Å². The van der Waals surface area contributed by atoms with E-state index in [9.17, 15) is 9.59 Å². The van der Waals surface area contributed by atoms with Crippen molar-refractivity contribution in [2.24, 2.45) is 0 Å². The maximum atomic E-state index is 12.6. The molecule has 2 aromatic heterocycles. The van der Waals surface area contributed by atoms with E-state index in [0.29, 0.717) is 37.6 Å². The van der Waals surface area contributed by atoms with Crippen molar-refractivity contribution in [3.8, 4) is 5.69 Å². The van der Waals surface area contributed by atoms with Gasteiger partial charge in [0.15, 0.2) is 5.69 Å². The first-order valence-corrected chi connectivity index (χ1v) is 9.51. The molecule has 10 heteroatoms. The Morgan fingerprint density at radius 2 is 1.73 bits per heavy atom. The summed E-state index contributed by atoms with van der Waals surface area (Å²) in [4.78, 5) is 32.9. The Hall–Kier alpha value is -3.95. The van der Waals surface area contributed by atoms with E-state index >= 15 is 0 Å². The topological polar surface area (TPSA) is 116 Å². The number of carboxylic acid groups (broad SMARTS) is 1. The summed E-state index contributed by atoms with van der Waals surface area (Å²) in [6, 6.07) is 12.9. The number of anilines is 2. The summed E-state index contributed by atoms with van der Waals surface area (Å²) in [6.45, 7) is 3.76. The van der Waals surface area contributed by atoms with Gasteiger partial charge in [-0.3, -0.25) is 4.79 Å². The highest BCUT2D eigenvalue weighted by Gasteiger charge is 2.21. The Labute approximate surface area is 172 Å². The van der Waals surface area contributed by atoms with Gasteiger partial charge < -0.3 is 20.2 Å². The van der Waals surface area contributed by atoms with Crippen LogP contribution < -0.4 is 10.2 Å². The van der Waals surface area contributed by atoms with E-state index in [1.165, 1.54) is 9.70 Å². The second-order valence-electron chi connectivity index (χ2n) is 6.87. The Balaban J connectivity index is 1.41. The Morgan fingerprint density at radius 3 is 2.37 bits per heavy atom. The lowest BCUT2D eigenvalue weighted by molar-refractivity contribution is 0.102. The largest absolute Gasteiger partial charge is 0.465 e. The predicted molar refractivity (Wildman–Crippen MR) is 110 cm³/mol. The van der Waals surface area contributed by atoms with E-state index in [2.05, 4.69) is 20.5 Å². The third-order valence-corrected chi connectivity index (χ3v) is 4.86. The molecule has 3 heterocycles. The summed E-state index contributed by atoms with van der Waals surface area (Å²) in [6.07, 6.45) is 0.675. The number of hydrogen-bond acceptors (Lipinski definition) is 6. The lowest BCUT2D eigenvalue weighted by atomic mass is 10.3. The number of benzene rings is 1. The van der Waals surface area contributed by atoms with Gasteiger partial charge in [0.2, 0.25) is 0 Å². The fourth-order valence-corrected chi connectivity index (χ4v) is 3.23. The van der Waals surface area contributed by atoms with Crippen LogP contribution in [0.3, 0.4) is 0 Å². The minimum Gasteiger partial charge on any atom is -0.465 e. The Kier molecular flexibility index (Phi) is 5.29. The number of carbonyl (C=O) groups is 2. The number of amides is 2. The molecule has 30 heavy (non-hydrogen) atoms. The van der Waals surface area contributed by atoms with Crippen molar-refractivity contribution in [1.82, 2.24) is 24.9 Å². The maximum absolute atomic E-state index is 12.6. The summed E-state index contributed by atoms with van der Waals surface area (Å²) < 4.78 is 0. The molecule has 3 aromatic rings. The molecule has 0 aliphatic carbocycles. The predicted octanol–water partition coefficient (Wildman–Crippen LogP) is 2.02. The van der Waals surface area contributed by atoms with Crippen LogP contribution in [0.1, 0.15) is 16.2 Å². The number of aryl methyl sites for hydroxylation is 1. The van der Waals surface area contributed by atoms with Crippen LogP contribution in [-0.4, -0.2) is 68.2 Å². The van der Waals surface area contributed by atoms with Gasteiger partial charge in [-0.15, -0.1) is 5.10 Å². The molecule has 2 amide bonds. The number of nitrogens with one attached hydrogen (secondary N) is 1. The van der Waals surface area contributed by atoms with E-state index in [0.717, 1.165) is 11.5 Å². The summed E-state index contributed by atoms with van der Waals surface area (Å²) in [5.41, 5.74) is 2.08. The second kappa shape index (κ2) is 8.19. The minimum atomic E-state index is -0.903. The van der Waals surface area contributed by atoms with Crippen LogP contribution in [0.15, 0.2) is 48.7 Å². The van der Waals surface area contributed by atoms with Crippen molar-refractivity contribution in [3.05, 3.63) is 60.0 Å². The van der Waals surface area contributed by atoms with Gasteiger partial charge >= 0.3 is 6.09 Å². The molecule has 1 aliphatic rings. The number of aromatic nitrogens is 4.